The van der Waals surface area contributed by atoms with Crippen molar-refractivity contribution in [3.05, 3.63) is 0 Å². The number of carbonyl (C=O) groups excluding carboxylic acids is 1. The van der Waals surface area contributed by atoms with Crippen LogP contribution >= 0.6 is 0 Å². The van der Waals surface area contributed by atoms with Gasteiger partial charge in [0.05, 0.1) is 6.04 Å². The van der Waals surface area contributed by atoms with Crippen molar-refractivity contribution in [2.75, 3.05) is 0 Å². The van der Waals surface area contributed by atoms with Gasteiger partial charge in [-0.25, -0.2) is 0 Å². The highest BCUT2D eigenvalue weighted by Gasteiger charge is 2.24. The molecule has 0 aromatic heterocycles. The lowest BCUT2D eigenvalue weighted by molar-refractivity contribution is -0.120. The van der Waals surface area contributed by atoms with Crippen molar-refractivity contribution in [1.29, 1.82) is 0 Å². The van der Waals surface area contributed by atoms with Crippen molar-refractivity contribution in [2.24, 2.45) is 5.92 Å². The fourth-order valence-electron chi connectivity index (χ4n) is 1.35. The lowest BCUT2D eigenvalue weighted by atomic mass is 9.93. The van der Waals surface area contributed by atoms with Gasteiger partial charge in [-0.2, -0.15) is 0 Å². The molecule has 0 amide bonds. The first-order valence-electron chi connectivity index (χ1n) is 5.06. The molecule has 0 aromatic rings. The van der Waals surface area contributed by atoms with Gasteiger partial charge in [0.2, 0.25) is 0 Å². The molecule has 0 aliphatic heterocycles. The van der Waals surface area contributed by atoms with Gasteiger partial charge in [-0.15, -0.1) is 0 Å². The van der Waals surface area contributed by atoms with Crippen molar-refractivity contribution >= 4 is 5.78 Å². The molecule has 0 saturated carbocycles. The first kappa shape index (κ1) is 12.6. The highest BCUT2D eigenvalue weighted by molar-refractivity contribution is 5.81. The molecule has 2 heteroatoms. The third kappa shape index (κ3) is 5.04. The molecule has 2 atom stereocenters. The summed E-state index contributed by atoms with van der Waals surface area (Å²) in [5, 5.41) is 3.36. The van der Waals surface area contributed by atoms with E-state index in [1.807, 2.05) is 0 Å². The Balaban J connectivity index is 4.36. The lowest BCUT2D eigenvalue weighted by Gasteiger charge is -2.30. The third-order valence-electron chi connectivity index (χ3n) is 2.24. The lowest BCUT2D eigenvalue weighted by Crippen LogP contribution is -2.50. The van der Waals surface area contributed by atoms with Gasteiger partial charge >= 0.3 is 0 Å². The van der Waals surface area contributed by atoms with E-state index < -0.39 is 0 Å². The summed E-state index contributed by atoms with van der Waals surface area (Å²) in [5.74, 6) is 0.654. The predicted molar refractivity (Wildman–Crippen MR) is 56.8 cm³/mol. The van der Waals surface area contributed by atoms with Gasteiger partial charge < -0.3 is 5.32 Å². The quantitative estimate of drug-likeness (QED) is 0.728. The normalized spacial score (nSPS) is 16.8. The molecule has 0 aromatic carbocycles. The van der Waals surface area contributed by atoms with Crippen LogP contribution in [0.3, 0.4) is 0 Å². The SMILES string of the molecule is CC[C@H](C)[C@H](NC(C)(C)C)C(C)=O. The molecule has 78 valence electrons. The Labute approximate surface area is 82.1 Å². The van der Waals surface area contributed by atoms with Crippen LogP contribution < -0.4 is 5.32 Å². The van der Waals surface area contributed by atoms with Crippen molar-refractivity contribution < 1.29 is 4.79 Å². The number of rotatable bonds is 4. The van der Waals surface area contributed by atoms with Crippen LogP contribution in [0.5, 0.6) is 0 Å². The summed E-state index contributed by atoms with van der Waals surface area (Å²) < 4.78 is 0. The van der Waals surface area contributed by atoms with Gasteiger partial charge in [-0.1, -0.05) is 20.3 Å². The summed E-state index contributed by atoms with van der Waals surface area (Å²) in [6.07, 6.45) is 1.04. The average Bonchev–Trinajstić information content (AvgIpc) is 1.96. The first-order chi connectivity index (χ1) is 5.78. The molecule has 2 nitrogen and oxygen atoms in total. The zero-order valence-electron chi connectivity index (χ0n) is 9.77. The van der Waals surface area contributed by atoms with Crippen LogP contribution in [0.2, 0.25) is 0 Å². The highest BCUT2D eigenvalue weighted by atomic mass is 16.1. The molecule has 0 unspecified atom stereocenters. The molecule has 0 fully saturated rings. The van der Waals surface area contributed by atoms with E-state index in [0.29, 0.717) is 5.92 Å². The maximum absolute atomic E-state index is 11.4. The molecule has 1 N–H and O–H groups in total. The zero-order chi connectivity index (χ0) is 10.6. The molecule has 0 bridgehead atoms. The van der Waals surface area contributed by atoms with Gasteiger partial charge in [0, 0.05) is 5.54 Å². The third-order valence-corrected chi connectivity index (χ3v) is 2.24. The second-order valence-corrected chi connectivity index (χ2v) is 4.87. The number of nitrogens with one attached hydrogen (secondary N) is 1. The number of hydrogen-bond donors (Lipinski definition) is 1. The summed E-state index contributed by atoms with van der Waals surface area (Å²) in [5.41, 5.74) is 0.0137. The van der Waals surface area contributed by atoms with E-state index in [2.05, 4.69) is 39.9 Å². The van der Waals surface area contributed by atoms with E-state index in [1.54, 1.807) is 6.92 Å². The number of Topliss-reactive ketones (excluding diaryl/α,β-unsaturated/α-hetero) is 1. The maximum atomic E-state index is 11.4. The molecule has 0 radical (unpaired) electrons. The van der Waals surface area contributed by atoms with Crippen LogP contribution in [-0.4, -0.2) is 17.4 Å². The Hall–Kier alpha value is -0.370. The number of ketones is 1. The summed E-state index contributed by atoms with van der Waals surface area (Å²) in [6, 6.07) is 0.00463. The van der Waals surface area contributed by atoms with Gasteiger partial charge in [0.1, 0.15) is 5.78 Å². The molecule has 0 aliphatic rings. The van der Waals surface area contributed by atoms with E-state index >= 15 is 0 Å². The minimum atomic E-state index is 0.00463. The Morgan fingerprint density at radius 3 is 2.08 bits per heavy atom. The van der Waals surface area contributed by atoms with Crippen molar-refractivity contribution in [2.45, 2.75) is 59.5 Å². The molecule has 0 heterocycles. The summed E-state index contributed by atoms with van der Waals surface area (Å²) in [7, 11) is 0. The minimum Gasteiger partial charge on any atom is -0.303 e. The van der Waals surface area contributed by atoms with E-state index in [-0.39, 0.29) is 17.4 Å². The maximum Gasteiger partial charge on any atom is 0.146 e. The van der Waals surface area contributed by atoms with Gasteiger partial charge in [-0.05, 0) is 33.6 Å². The second kappa shape index (κ2) is 4.75. The summed E-state index contributed by atoms with van der Waals surface area (Å²) in [6.45, 7) is 12.2. The van der Waals surface area contributed by atoms with Crippen LogP contribution in [0, 0.1) is 5.92 Å². The van der Waals surface area contributed by atoms with Crippen LogP contribution in [0.4, 0.5) is 0 Å². The average molecular weight is 185 g/mol. The number of hydrogen-bond acceptors (Lipinski definition) is 2. The van der Waals surface area contributed by atoms with Crippen LogP contribution in [0.1, 0.15) is 48.0 Å². The minimum absolute atomic E-state index is 0.00463. The largest absolute Gasteiger partial charge is 0.303 e. The molecular weight excluding hydrogens is 162 g/mol. The van der Waals surface area contributed by atoms with E-state index in [0.717, 1.165) is 6.42 Å². The smallest absolute Gasteiger partial charge is 0.146 e. The molecule has 0 spiro atoms. The molecule has 0 rings (SSSR count). The van der Waals surface area contributed by atoms with Gasteiger partial charge in [0.15, 0.2) is 0 Å². The van der Waals surface area contributed by atoms with Crippen molar-refractivity contribution in [1.82, 2.24) is 5.32 Å². The number of carbonyl (C=O) groups is 1. The van der Waals surface area contributed by atoms with Gasteiger partial charge in [-0.3, -0.25) is 4.79 Å². The van der Waals surface area contributed by atoms with Gasteiger partial charge in [0.25, 0.3) is 0 Å². The van der Waals surface area contributed by atoms with Crippen molar-refractivity contribution in [3.63, 3.8) is 0 Å². The zero-order valence-corrected chi connectivity index (χ0v) is 9.77. The molecule has 0 aliphatic carbocycles. The first-order valence-corrected chi connectivity index (χ1v) is 5.06. The topological polar surface area (TPSA) is 29.1 Å². The van der Waals surface area contributed by atoms with E-state index in [9.17, 15) is 4.79 Å². The Kier molecular flexibility index (Phi) is 4.62. The second-order valence-electron chi connectivity index (χ2n) is 4.87. The molecule has 13 heavy (non-hydrogen) atoms. The fraction of sp³-hybridized carbons (Fsp3) is 0.909. The fourth-order valence-corrected chi connectivity index (χ4v) is 1.35. The van der Waals surface area contributed by atoms with Crippen molar-refractivity contribution in [3.8, 4) is 0 Å². The predicted octanol–water partition coefficient (Wildman–Crippen LogP) is 2.38. The Morgan fingerprint density at radius 1 is 1.38 bits per heavy atom. The van der Waals surface area contributed by atoms with E-state index in [4.69, 9.17) is 0 Å². The monoisotopic (exact) mass is 185 g/mol. The van der Waals surface area contributed by atoms with E-state index in [1.165, 1.54) is 0 Å². The Morgan fingerprint density at radius 2 is 1.85 bits per heavy atom. The van der Waals surface area contributed by atoms with Crippen LogP contribution in [-0.2, 0) is 4.79 Å². The summed E-state index contributed by atoms with van der Waals surface area (Å²) >= 11 is 0. The summed E-state index contributed by atoms with van der Waals surface area (Å²) in [4.78, 5) is 11.4. The Bertz CT molecular complexity index is 169. The van der Waals surface area contributed by atoms with Crippen LogP contribution in [0.15, 0.2) is 0 Å². The highest BCUT2D eigenvalue weighted by Crippen LogP contribution is 2.12. The standard InChI is InChI=1S/C11H23NO/c1-7-8(2)10(9(3)13)12-11(4,5)6/h8,10,12H,7H2,1-6H3/t8-,10-/m0/s1. The molecular formula is C11H23NO. The van der Waals surface area contributed by atoms with Crippen LogP contribution in [0.25, 0.3) is 0 Å². The molecule has 0 saturated heterocycles.